The molecule has 19 heteroatoms. The summed E-state index contributed by atoms with van der Waals surface area (Å²) in [7, 11) is 0. The molecule has 0 radical (unpaired) electrons. The molecule has 0 unspecified atom stereocenters. The van der Waals surface area contributed by atoms with Gasteiger partial charge in [-0.2, -0.15) is 0 Å². The topological polar surface area (TPSA) is 19.4 Å². The predicted molar refractivity (Wildman–Crippen MR) is 367 cm³/mol. The van der Waals surface area contributed by atoms with Gasteiger partial charge in [0.05, 0.1) is 0 Å². The van der Waals surface area contributed by atoms with Crippen LogP contribution >= 0.6 is 73.3 Å². The van der Waals surface area contributed by atoms with Gasteiger partial charge in [-0.1, -0.05) is 192 Å². The largest absolute Gasteiger partial charge is 0.411 e. The monoisotopic (exact) mass is 1320 g/mol. The van der Waals surface area contributed by atoms with E-state index in [9.17, 15) is 0 Å². The van der Waals surface area contributed by atoms with E-state index < -0.39 is 0 Å². The minimum absolute atomic E-state index is 0. The van der Waals surface area contributed by atoms with Crippen molar-refractivity contribution in [2.45, 2.75) is 166 Å². The molecule has 0 heterocycles. The molecule has 0 spiro atoms. The minimum Gasteiger partial charge on any atom is -0.411 e. The molecule has 0 aromatic carbocycles. The standard InChI is InChI=1S/6C9H19NS2.Mo/c6*1-7(2)5-10(9(11)12)6-8(3)4;/h6*7-8H,5-6H2,1-4H3,(H,11,12);/p-6. The Balaban J connectivity index is -0.000000143. The zero-order chi connectivity index (χ0) is 58.3. The fourth-order valence-corrected chi connectivity index (χ4v) is 8.42. The zero-order valence-corrected chi connectivity index (χ0v) is 62.2. The third-order valence-electron chi connectivity index (χ3n) is 8.58. The summed E-state index contributed by atoms with van der Waals surface area (Å²) in [4.78, 5) is 12.7. The van der Waals surface area contributed by atoms with Crippen LogP contribution < -0.4 is 0 Å². The second-order valence-electron chi connectivity index (χ2n) is 23.8. The van der Waals surface area contributed by atoms with E-state index >= 15 is 0 Å². The van der Waals surface area contributed by atoms with Crippen molar-refractivity contribution in [1.29, 1.82) is 0 Å². The molecule has 0 bridgehead atoms. The van der Waals surface area contributed by atoms with Gasteiger partial charge in [-0.05, 0) is 71.0 Å². The van der Waals surface area contributed by atoms with Gasteiger partial charge in [0.15, 0.2) is 0 Å². The van der Waals surface area contributed by atoms with E-state index in [0.717, 1.165) is 78.5 Å². The summed E-state index contributed by atoms with van der Waals surface area (Å²) in [5, 5.41) is 0. The molecule has 6 nitrogen and oxygen atoms in total. The van der Waals surface area contributed by atoms with Crippen LogP contribution in [0.3, 0.4) is 0 Å². The second-order valence-corrected chi connectivity index (χ2v) is 29.9. The zero-order valence-electron chi connectivity index (χ0n) is 50.4. The van der Waals surface area contributed by atoms with Crippen LogP contribution in [0.2, 0.25) is 0 Å². The normalized spacial score (nSPS) is 10.7. The summed E-state index contributed by atoms with van der Waals surface area (Å²) in [6, 6.07) is 0. The molecule has 0 saturated heterocycles. The van der Waals surface area contributed by atoms with Crippen molar-refractivity contribution in [2.24, 2.45) is 71.0 Å². The Hall–Kier alpha value is 1.35. The van der Waals surface area contributed by atoms with Gasteiger partial charge in [0.1, 0.15) is 0 Å². The maximum atomic E-state index is 4.99. The Morgan fingerprint density at radius 1 is 0.205 bits per heavy atom. The molecule has 0 aliphatic carbocycles. The first-order valence-corrected chi connectivity index (χ1v) is 31.2. The van der Waals surface area contributed by atoms with E-state index in [2.05, 4.69) is 196 Å². The average Bonchev–Trinajstić information content (AvgIpc) is 3.15. The number of thiocarbonyl (C=S) groups is 6. The molecule has 0 atom stereocenters. The Kier molecular flexibility index (Phi) is 63.7. The molecular weight excluding hydrogens is 1210 g/mol. The van der Waals surface area contributed by atoms with Gasteiger partial charge in [0, 0.05) is 99.6 Å². The van der Waals surface area contributed by atoms with Crippen molar-refractivity contribution < 1.29 is 21.1 Å². The Morgan fingerprint density at radius 3 is 0.288 bits per heavy atom. The number of rotatable bonds is 24. The van der Waals surface area contributed by atoms with E-state index in [1.54, 1.807) is 0 Å². The number of nitrogens with zero attached hydrogens (tertiary/aromatic N) is 6. The molecule has 0 aromatic heterocycles. The van der Waals surface area contributed by atoms with Crippen LogP contribution in [-0.2, 0) is 96.8 Å². The molecule has 0 fully saturated rings. The summed E-state index contributed by atoms with van der Waals surface area (Å²) >= 11 is 59.9. The molecule has 0 saturated carbocycles. The summed E-state index contributed by atoms with van der Waals surface area (Å²) in [6.07, 6.45) is 0. The van der Waals surface area contributed by atoms with E-state index in [0.29, 0.717) is 96.9 Å². The van der Waals surface area contributed by atoms with Gasteiger partial charge in [-0.15, -0.1) is 0 Å². The van der Waals surface area contributed by atoms with Crippen LogP contribution in [0, 0.1) is 71.0 Å². The van der Waals surface area contributed by atoms with Crippen LogP contribution in [0.4, 0.5) is 0 Å². The average molecular weight is 1320 g/mol. The third kappa shape index (κ3) is 69.4. The van der Waals surface area contributed by atoms with Crippen LogP contribution in [0.5, 0.6) is 0 Å². The van der Waals surface area contributed by atoms with Crippen LogP contribution in [0.25, 0.3) is 0 Å². The number of hydrogen-bond acceptors (Lipinski definition) is 12. The molecule has 73 heavy (non-hydrogen) atoms. The fraction of sp³-hybridized carbons (Fsp3) is 0.889. The van der Waals surface area contributed by atoms with Crippen molar-refractivity contribution >= 4 is 175 Å². The fourth-order valence-electron chi connectivity index (χ4n) is 6.63. The third-order valence-corrected chi connectivity index (χ3v) is 11.7. The summed E-state index contributed by atoms with van der Waals surface area (Å²) in [6.45, 7) is 64.2. The van der Waals surface area contributed by atoms with Crippen molar-refractivity contribution in [3.8, 4) is 0 Å². The van der Waals surface area contributed by atoms with Crippen molar-refractivity contribution in [3.63, 3.8) is 0 Å². The molecule has 0 aromatic rings. The van der Waals surface area contributed by atoms with Gasteiger partial charge in [0.2, 0.25) is 0 Å². The van der Waals surface area contributed by atoms with Crippen molar-refractivity contribution in [3.05, 3.63) is 0 Å². The van der Waals surface area contributed by atoms with E-state index in [4.69, 9.17) is 149 Å². The SMILES string of the molecule is CC(C)CN(CC(C)C)C(=S)[S-].CC(C)CN(CC(C)C)C(=S)[S-].CC(C)CN(CC(C)C)C(=S)[S-].CC(C)CN(CC(C)C)C(=S)[S-].CC(C)CN(CC(C)C)C(=S)[S-].CC(C)CN(CC(C)C)C(=S)[S-].[Mo]. The summed E-state index contributed by atoms with van der Waals surface area (Å²) in [5.74, 6) is 7.55. The van der Waals surface area contributed by atoms with Crippen molar-refractivity contribution in [2.75, 3.05) is 78.5 Å². The first-order chi connectivity index (χ1) is 32.6. The first kappa shape index (κ1) is 88.2. The van der Waals surface area contributed by atoms with E-state index in [1.165, 1.54) is 0 Å². The molecule has 0 rings (SSSR count). The Bertz CT molecular complexity index is 1070. The molecule has 0 aliphatic heterocycles. The van der Waals surface area contributed by atoms with Gasteiger partial charge in [-0.3, -0.25) is 0 Å². The van der Waals surface area contributed by atoms with Gasteiger partial charge >= 0.3 is 0 Å². The number of hydrogen-bond donors (Lipinski definition) is 0. The summed E-state index contributed by atoms with van der Waals surface area (Å²) in [5.41, 5.74) is 0. The maximum absolute atomic E-state index is 4.99. The van der Waals surface area contributed by atoms with Crippen LogP contribution in [-0.4, -0.2) is 134 Å². The molecular formula is C54H108MoN6S12-6. The predicted octanol–water partition coefficient (Wildman–Crippen LogP) is 14.6. The Morgan fingerprint density at radius 2 is 0.260 bits per heavy atom. The van der Waals surface area contributed by atoms with Crippen LogP contribution in [0.1, 0.15) is 166 Å². The first-order valence-electron chi connectivity index (χ1n) is 26.3. The van der Waals surface area contributed by atoms with Crippen molar-refractivity contribution in [1.82, 2.24) is 29.4 Å². The van der Waals surface area contributed by atoms with Gasteiger partial charge in [0.25, 0.3) is 0 Å². The quantitative estimate of drug-likeness (QED) is 0.0519. The minimum atomic E-state index is 0. The van der Waals surface area contributed by atoms with Crippen LogP contribution in [0.15, 0.2) is 0 Å². The molecule has 0 amide bonds. The van der Waals surface area contributed by atoms with Gasteiger partial charge < -0.3 is 178 Å². The van der Waals surface area contributed by atoms with E-state index in [1.807, 2.05) is 0 Å². The molecule has 0 N–H and O–H groups in total. The second kappa shape index (κ2) is 52.7. The maximum Gasteiger partial charge on any atom is 0.0185 e. The molecule has 0 aliphatic rings. The Labute approximate surface area is 535 Å². The van der Waals surface area contributed by atoms with E-state index in [-0.39, 0.29) is 21.1 Å². The molecule has 438 valence electrons. The van der Waals surface area contributed by atoms with Gasteiger partial charge in [-0.25, -0.2) is 0 Å². The smallest absolute Gasteiger partial charge is 0.0185 e. The summed E-state index contributed by atoms with van der Waals surface area (Å²) < 4.78 is 3.65.